The first-order valence-electron chi connectivity index (χ1n) is 5.25. The highest BCUT2D eigenvalue weighted by molar-refractivity contribution is 9.10. The van der Waals surface area contributed by atoms with Gasteiger partial charge in [0.15, 0.2) is 0 Å². The third-order valence-corrected chi connectivity index (χ3v) is 3.49. The zero-order valence-corrected chi connectivity index (χ0v) is 12.0. The Kier molecular flexibility index (Phi) is 3.45. The molecule has 1 aromatic carbocycles. The van der Waals surface area contributed by atoms with Crippen molar-refractivity contribution in [2.75, 3.05) is 5.73 Å². The van der Waals surface area contributed by atoms with Crippen molar-refractivity contribution in [2.24, 2.45) is 0 Å². The molecule has 2 aromatic rings. The second-order valence-corrected chi connectivity index (χ2v) is 5.32. The van der Waals surface area contributed by atoms with Gasteiger partial charge in [-0.2, -0.15) is 5.10 Å². The van der Waals surface area contributed by atoms with E-state index in [-0.39, 0.29) is 6.04 Å². The maximum absolute atomic E-state index is 6.22. The van der Waals surface area contributed by atoms with Gasteiger partial charge in [-0.25, -0.2) is 4.68 Å². The second kappa shape index (κ2) is 4.70. The molecule has 0 spiro atoms. The van der Waals surface area contributed by atoms with E-state index < -0.39 is 0 Å². The highest BCUT2D eigenvalue weighted by Crippen LogP contribution is 2.29. The number of aromatic nitrogens is 2. The number of nitrogen functional groups attached to an aromatic ring is 1. The van der Waals surface area contributed by atoms with Gasteiger partial charge in [-0.3, -0.25) is 0 Å². The van der Waals surface area contributed by atoms with Gasteiger partial charge < -0.3 is 5.73 Å². The van der Waals surface area contributed by atoms with Gasteiger partial charge in [-0.1, -0.05) is 33.6 Å². The van der Waals surface area contributed by atoms with Crippen LogP contribution in [0.3, 0.4) is 0 Å². The molecule has 1 heterocycles. The van der Waals surface area contributed by atoms with Crippen LogP contribution >= 0.6 is 27.5 Å². The molecule has 0 fully saturated rings. The predicted octanol–water partition coefficient (Wildman–Crippen LogP) is 3.80. The molecule has 0 bridgehead atoms. The van der Waals surface area contributed by atoms with E-state index in [1.165, 1.54) is 0 Å². The third kappa shape index (κ3) is 2.48. The molecule has 0 aliphatic rings. The number of hydrogen-bond acceptors (Lipinski definition) is 2. The monoisotopic (exact) mass is 313 g/mol. The lowest BCUT2D eigenvalue weighted by Crippen LogP contribution is -2.12. The third-order valence-electron chi connectivity index (χ3n) is 2.67. The van der Waals surface area contributed by atoms with Crippen LogP contribution in [0.1, 0.15) is 24.2 Å². The molecule has 0 aliphatic heterocycles. The summed E-state index contributed by atoms with van der Waals surface area (Å²) in [4.78, 5) is 0. The Balaban J connectivity index is 2.43. The SMILES string of the molecule is Cc1cc(N)n(C(C)c2ccc(Br)cc2Cl)n1. The Labute approximate surface area is 114 Å². The molecular formula is C12H13BrClN3. The zero-order valence-electron chi connectivity index (χ0n) is 9.61. The molecule has 5 heteroatoms. The van der Waals surface area contributed by atoms with Crippen LogP contribution in [0.4, 0.5) is 5.82 Å². The molecule has 1 unspecified atom stereocenters. The lowest BCUT2D eigenvalue weighted by atomic mass is 10.1. The molecule has 17 heavy (non-hydrogen) atoms. The summed E-state index contributed by atoms with van der Waals surface area (Å²) in [7, 11) is 0. The van der Waals surface area contributed by atoms with Gasteiger partial charge in [0.1, 0.15) is 5.82 Å². The van der Waals surface area contributed by atoms with Gasteiger partial charge in [0.05, 0.1) is 11.7 Å². The summed E-state index contributed by atoms with van der Waals surface area (Å²) >= 11 is 9.61. The second-order valence-electron chi connectivity index (χ2n) is 4.00. The lowest BCUT2D eigenvalue weighted by Gasteiger charge is -2.16. The molecule has 90 valence electrons. The topological polar surface area (TPSA) is 43.8 Å². The molecule has 0 aliphatic carbocycles. The van der Waals surface area contributed by atoms with Crippen molar-refractivity contribution in [3.63, 3.8) is 0 Å². The van der Waals surface area contributed by atoms with Crippen molar-refractivity contribution in [3.8, 4) is 0 Å². The lowest BCUT2D eigenvalue weighted by molar-refractivity contribution is 0.569. The minimum atomic E-state index is 0.0179. The summed E-state index contributed by atoms with van der Waals surface area (Å²) < 4.78 is 2.74. The van der Waals surface area contributed by atoms with E-state index in [0.29, 0.717) is 10.8 Å². The number of nitrogens with two attached hydrogens (primary N) is 1. The number of halogens is 2. The van der Waals surface area contributed by atoms with E-state index in [1.54, 1.807) is 4.68 Å². The Morgan fingerprint density at radius 2 is 2.12 bits per heavy atom. The number of rotatable bonds is 2. The molecule has 0 amide bonds. The van der Waals surface area contributed by atoms with Gasteiger partial charge in [-0.15, -0.1) is 0 Å². The molecule has 1 aromatic heterocycles. The van der Waals surface area contributed by atoms with Crippen molar-refractivity contribution >= 4 is 33.3 Å². The quantitative estimate of drug-likeness (QED) is 0.916. The number of benzene rings is 1. The van der Waals surface area contributed by atoms with E-state index in [0.717, 1.165) is 15.7 Å². The maximum Gasteiger partial charge on any atom is 0.122 e. The van der Waals surface area contributed by atoms with Crippen molar-refractivity contribution in [1.82, 2.24) is 9.78 Å². The van der Waals surface area contributed by atoms with E-state index >= 15 is 0 Å². The van der Waals surface area contributed by atoms with Gasteiger partial charge in [0.2, 0.25) is 0 Å². The van der Waals surface area contributed by atoms with Gasteiger partial charge in [0.25, 0.3) is 0 Å². The fourth-order valence-electron chi connectivity index (χ4n) is 1.82. The predicted molar refractivity (Wildman–Crippen MR) is 74.3 cm³/mol. The summed E-state index contributed by atoms with van der Waals surface area (Å²) in [5, 5.41) is 5.08. The van der Waals surface area contributed by atoms with E-state index in [2.05, 4.69) is 21.0 Å². The Bertz CT molecular complexity index is 551. The number of nitrogens with zero attached hydrogens (tertiary/aromatic N) is 2. The van der Waals surface area contributed by atoms with E-state index in [9.17, 15) is 0 Å². The summed E-state index contributed by atoms with van der Waals surface area (Å²) in [6.07, 6.45) is 0. The first-order valence-corrected chi connectivity index (χ1v) is 6.42. The molecule has 1 atom stereocenters. The smallest absolute Gasteiger partial charge is 0.122 e. The molecule has 0 saturated carbocycles. The average molecular weight is 315 g/mol. The Hall–Kier alpha value is -1.00. The number of aryl methyl sites for hydroxylation is 1. The molecule has 0 saturated heterocycles. The molecule has 2 N–H and O–H groups in total. The molecule has 3 nitrogen and oxygen atoms in total. The molecule has 2 rings (SSSR count). The minimum absolute atomic E-state index is 0.0179. The normalized spacial score (nSPS) is 12.7. The summed E-state index contributed by atoms with van der Waals surface area (Å²) in [5.41, 5.74) is 7.82. The van der Waals surface area contributed by atoms with Crippen molar-refractivity contribution in [3.05, 3.63) is 45.0 Å². The van der Waals surface area contributed by atoms with Crippen LogP contribution in [0, 0.1) is 6.92 Å². The first-order chi connectivity index (χ1) is 7.99. The standard InChI is InChI=1S/C12H13BrClN3/c1-7-5-12(15)17(16-7)8(2)10-4-3-9(13)6-11(10)14/h3-6,8H,15H2,1-2H3. The van der Waals surface area contributed by atoms with Gasteiger partial charge in [0, 0.05) is 15.6 Å². The van der Waals surface area contributed by atoms with Crippen LogP contribution in [-0.2, 0) is 0 Å². The fraction of sp³-hybridized carbons (Fsp3) is 0.250. The summed E-state index contributed by atoms with van der Waals surface area (Å²) in [5.74, 6) is 0.647. The van der Waals surface area contributed by atoms with E-state index in [1.807, 2.05) is 38.1 Å². The van der Waals surface area contributed by atoms with E-state index in [4.69, 9.17) is 17.3 Å². The first kappa shape index (κ1) is 12.5. The van der Waals surface area contributed by atoms with Crippen LogP contribution in [0.15, 0.2) is 28.7 Å². The Morgan fingerprint density at radius 3 is 2.65 bits per heavy atom. The highest BCUT2D eigenvalue weighted by atomic mass is 79.9. The maximum atomic E-state index is 6.22. The van der Waals surface area contributed by atoms with Crippen LogP contribution in [0.2, 0.25) is 5.02 Å². The van der Waals surface area contributed by atoms with Crippen LogP contribution in [0.25, 0.3) is 0 Å². The fourth-order valence-corrected chi connectivity index (χ4v) is 2.65. The summed E-state index contributed by atoms with van der Waals surface area (Å²) in [6, 6.07) is 7.69. The largest absolute Gasteiger partial charge is 0.384 e. The van der Waals surface area contributed by atoms with Crippen LogP contribution < -0.4 is 5.73 Å². The number of hydrogen-bond donors (Lipinski definition) is 1. The molecular weight excluding hydrogens is 302 g/mol. The Morgan fingerprint density at radius 1 is 1.41 bits per heavy atom. The average Bonchev–Trinajstić information content (AvgIpc) is 2.57. The van der Waals surface area contributed by atoms with Gasteiger partial charge >= 0.3 is 0 Å². The van der Waals surface area contributed by atoms with Crippen LogP contribution in [0.5, 0.6) is 0 Å². The number of anilines is 1. The summed E-state index contributed by atoms with van der Waals surface area (Å²) in [6.45, 7) is 3.95. The van der Waals surface area contributed by atoms with Crippen molar-refractivity contribution in [2.45, 2.75) is 19.9 Å². The van der Waals surface area contributed by atoms with Crippen LogP contribution in [-0.4, -0.2) is 9.78 Å². The minimum Gasteiger partial charge on any atom is -0.384 e. The zero-order chi connectivity index (χ0) is 12.6. The van der Waals surface area contributed by atoms with Crippen molar-refractivity contribution < 1.29 is 0 Å². The van der Waals surface area contributed by atoms with Crippen molar-refractivity contribution in [1.29, 1.82) is 0 Å². The van der Waals surface area contributed by atoms with Gasteiger partial charge in [-0.05, 0) is 31.5 Å². The molecule has 0 radical (unpaired) electrons. The highest BCUT2D eigenvalue weighted by Gasteiger charge is 2.15.